The van der Waals surface area contributed by atoms with Crippen molar-refractivity contribution in [1.82, 2.24) is 0 Å². The second kappa shape index (κ2) is 11.7. The van der Waals surface area contributed by atoms with Crippen LogP contribution in [0.2, 0.25) is 0 Å². The van der Waals surface area contributed by atoms with Crippen molar-refractivity contribution in [1.29, 1.82) is 0 Å². The molecular weight excluding hydrogens is 491 g/mol. The lowest BCUT2D eigenvalue weighted by Crippen LogP contribution is -2.42. The van der Waals surface area contributed by atoms with E-state index in [0.717, 1.165) is 57.0 Å². The molecule has 0 spiro atoms. The second-order valence-electron chi connectivity index (χ2n) is 8.81. The lowest BCUT2D eigenvalue weighted by Gasteiger charge is -2.30. The van der Waals surface area contributed by atoms with Gasteiger partial charge in [0.2, 0.25) is 0 Å². The summed E-state index contributed by atoms with van der Waals surface area (Å²) in [5.41, 5.74) is 3.13. The number of para-hydroxylation sites is 2. The van der Waals surface area contributed by atoms with Crippen molar-refractivity contribution in [2.75, 3.05) is 10.7 Å². The molecule has 0 N–H and O–H groups in total. The smallest absolute Gasteiger partial charge is 0.168 e. The van der Waals surface area contributed by atoms with Crippen LogP contribution < -0.4 is 4.90 Å². The molecule has 184 valence electrons. The molecule has 0 aromatic heterocycles. The summed E-state index contributed by atoms with van der Waals surface area (Å²) in [5.74, 6) is 1.74. The minimum Gasteiger partial charge on any atom is -0.284 e. The zero-order valence-corrected chi connectivity index (χ0v) is 22.5. The quantitative estimate of drug-likeness (QED) is 0.101. The molecule has 0 fully saturated rings. The van der Waals surface area contributed by atoms with Gasteiger partial charge in [0.05, 0.1) is 5.69 Å². The van der Waals surface area contributed by atoms with Gasteiger partial charge in [0.15, 0.2) is 11.4 Å². The summed E-state index contributed by atoms with van der Waals surface area (Å²) < 4.78 is 0. The Bertz CT molecular complexity index is 1350. The minimum absolute atomic E-state index is 0.725. The van der Waals surface area contributed by atoms with Crippen molar-refractivity contribution in [3.05, 3.63) is 132 Å². The molecule has 4 aromatic carbocycles. The first-order valence-corrected chi connectivity index (χ1v) is 14.0. The Hall–Kier alpha value is -3.54. The minimum atomic E-state index is -0.841. The number of aliphatic imine (C=N–C) groups is 2. The van der Waals surface area contributed by atoms with E-state index in [2.05, 4.69) is 72.5 Å². The number of amidine groups is 1. The average molecular weight is 520 g/mol. The van der Waals surface area contributed by atoms with Gasteiger partial charge >= 0.3 is 0 Å². The van der Waals surface area contributed by atoms with Gasteiger partial charge in [-0.1, -0.05) is 123 Å². The highest BCUT2D eigenvalue weighted by molar-refractivity contribution is 8.15. The van der Waals surface area contributed by atoms with Crippen molar-refractivity contribution in [2.45, 2.75) is 25.3 Å². The van der Waals surface area contributed by atoms with E-state index in [-0.39, 0.29) is 0 Å². The molecule has 1 aliphatic rings. The Balaban J connectivity index is 1.76. The third-order valence-electron chi connectivity index (χ3n) is 6.31. The SMILES string of the molecule is CCCCSC(=Nc1ccccc1)C1=NC(c2ccccc2)(c2ccccc2)C(=S)N1c1ccccc1. The van der Waals surface area contributed by atoms with E-state index in [4.69, 9.17) is 22.2 Å². The zero-order chi connectivity index (χ0) is 25.5. The molecule has 3 nitrogen and oxygen atoms in total. The highest BCUT2D eigenvalue weighted by Crippen LogP contribution is 2.43. The molecule has 5 heteroatoms. The number of benzene rings is 4. The van der Waals surface area contributed by atoms with E-state index in [1.807, 2.05) is 60.7 Å². The standard InChI is InChI=1S/C32H29N3S2/c1-2-3-24-37-30(33-27-20-12-6-13-21-27)29-34-32(25-16-8-4-9-17-25,26-18-10-5-11-19-26)31(36)35(29)28-22-14-7-15-23-28/h4-23H,2-3,24H2,1H3. The molecule has 4 aromatic rings. The third-order valence-corrected chi connectivity index (χ3v) is 7.83. The fraction of sp³-hybridized carbons (Fsp3) is 0.156. The number of thiocarbonyl (C=S) groups is 1. The molecule has 0 radical (unpaired) electrons. The average Bonchev–Trinajstić information content (AvgIpc) is 3.28. The van der Waals surface area contributed by atoms with Crippen LogP contribution in [0.4, 0.5) is 11.4 Å². The lowest BCUT2D eigenvalue weighted by molar-refractivity contribution is 0.756. The van der Waals surface area contributed by atoms with Crippen LogP contribution in [0.3, 0.4) is 0 Å². The summed E-state index contributed by atoms with van der Waals surface area (Å²) in [6, 6.07) is 41.1. The first kappa shape index (κ1) is 25.1. The summed E-state index contributed by atoms with van der Waals surface area (Å²) in [5, 5.41) is 0.875. The van der Waals surface area contributed by atoms with Gasteiger partial charge in [-0.3, -0.25) is 4.90 Å². The molecule has 0 atom stereocenters. The largest absolute Gasteiger partial charge is 0.284 e. The first-order chi connectivity index (χ1) is 18.2. The number of thioether (sulfide) groups is 1. The van der Waals surface area contributed by atoms with E-state index >= 15 is 0 Å². The molecular formula is C32H29N3S2. The van der Waals surface area contributed by atoms with Gasteiger partial charge in [-0.15, -0.1) is 11.8 Å². The summed E-state index contributed by atoms with van der Waals surface area (Å²) in [6.07, 6.45) is 2.22. The van der Waals surface area contributed by atoms with E-state index < -0.39 is 5.54 Å². The molecule has 0 bridgehead atoms. The number of nitrogens with zero attached hydrogens (tertiary/aromatic N) is 3. The van der Waals surface area contributed by atoms with E-state index in [1.165, 1.54) is 0 Å². The lowest BCUT2D eigenvalue weighted by atomic mass is 9.83. The molecule has 1 aliphatic heterocycles. The molecule has 0 amide bonds. The maximum absolute atomic E-state index is 6.36. The van der Waals surface area contributed by atoms with Crippen molar-refractivity contribution < 1.29 is 0 Å². The van der Waals surface area contributed by atoms with Crippen molar-refractivity contribution in [3.63, 3.8) is 0 Å². The number of hydrogen-bond acceptors (Lipinski definition) is 4. The molecule has 0 unspecified atom stereocenters. The summed E-state index contributed by atoms with van der Waals surface area (Å²) >= 11 is 8.11. The van der Waals surface area contributed by atoms with Gasteiger partial charge in [-0.2, -0.15) is 0 Å². The Morgan fingerprint density at radius 3 is 1.84 bits per heavy atom. The van der Waals surface area contributed by atoms with Gasteiger partial charge in [-0.05, 0) is 47.6 Å². The van der Waals surface area contributed by atoms with E-state index in [9.17, 15) is 0 Å². The second-order valence-corrected chi connectivity index (χ2v) is 10.3. The number of anilines is 1. The number of rotatable bonds is 8. The fourth-order valence-electron chi connectivity index (χ4n) is 4.46. The molecule has 5 rings (SSSR count). The van der Waals surface area contributed by atoms with E-state index in [0.29, 0.717) is 0 Å². The predicted molar refractivity (Wildman–Crippen MR) is 164 cm³/mol. The van der Waals surface area contributed by atoms with Crippen LogP contribution in [0, 0.1) is 0 Å². The van der Waals surface area contributed by atoms with Crippen LogP contribution >= 0.6 is 24.0 Å². The molecule has 1 heterocycles. The maximum Gasteiger partial charge on any atom is 0.168 e. The van der Waals surface area contributed by atoms with Crippen LogP contribution in [-0.4, -0.2) is 21.6 Å². The Morgan fingerprint density at radius 2 is 1.30 bits per heavy atom. The van der Waals surface area contributed by atoms with Crippen LogP contribution in [0.5, 0.6) is 0 Å². The number of unbranched alkanes of at least 4 members (excludes halogenated alkanes) is 1. The molecule has 0 saturated heterocycles. The van der Waals surface area contributed by atoms with Crippen molar-refractivity contribution >= 4 is 51.2 Å². The van der Waals surface area contributed by atoms with Gasteiger partial charge in [0, 0.05) is 5.69 Å². The Labute approximate surface area is 229 Å². The topological polar surface area (TPSA) is 28.0 Å². The summed E-state index contributed by atoms with van der Waals surface area (Å²) in [6.45, 7) is 2.21. The normalized spacial score (nSPS) is 15.1. The summed E-state index contributed by atoms with van der Waals surface area (Å²) in [4.78, 5) is 13.5. The van der Waals surface area contributed by atoms with Crippen molar-refractivity contribution in [3.8, 4) is 0 Å². The van der Waals surface area contributed by atoms with Crippen molar-refractivity contribution in [2.24, 2.45) is 9.98 Å². The van der Waals surface area contributed by atoms with Gasteiger partial charge in [0.25, 0.3) is 0 Å². The zero-order valence-electron chi connectivity index (χ0n) is 20.8. The molecule has 0 saturated carbocycles. The van der Waals surface area contributed by atoms with Gasteiger partial charge in [0.1, 0.15) is 10.0 Å². The highest BCUT2D eigenvalue weighted by Gasteiger charge is 2.49. The monoisotopic (exact) mass is 519 g/mol. The van der Waals surface area contributed by atoms with Gasteiger partial charge in [-0.25, -0.2) is 9.98 Å². The summed E-state index contributed by atoms with van der Waals surface area (Å²) in [7, 11) is 0. The van der Waals surface area contributed by atoms with Crippen LogP contribution in [0.1, 0.15) is 30.9 Å². The van der Waals surface area contributed by atoms with Crippen LogP contribution in [0.15, 0.2) is 131 Å². The third kappa shape index (κ3) is 5.15. The fourth-order valence-corrected chi connectivity index (χ4v) is 5.99. The Morgan fingerprint density at radius 1 is 0.784 bits per heavy atom. The number of hydrogen-bond donors (Lipinski definition) is 0. The molecule has 37 heavy (non-hydrogen) atoms. The van der Waals surface area contributed by atoms with Crippen LogP contribution in [-0.2, 0) is 5.54 Å². The first-order valence-electron chi connectivity index (χ1n) is 12.6. The highest BCUT2D eigenvalue weighted by atomic mass is 32.2. The predicted octanol–water partition coefficient (Wildman–Crippen LogP) is 8.44. The van der Waals surface area contributed by atoms with Gasteiger partial charge < -0.3 is 0 Å². The maximum atomic E-state index is 6.36. The Kier molecular flexibility index (Phi) is 7.93. The van der Waals surface area contributed by atoms with E-state index in [1.54, 1.807) is 11.8 Å². The molecule has 0 aliphatic carbocycles. The van der Waals surface area contributed by atoms with Crippen LogP contribution in [0.25, 0.3) is 0 Å².